The van der Waals surface area contributed by atoms with Crippen molar-refractivity contribution in [2.24, 2.45) is 5.73 Å². The number of nitrogens with one attached hydrogen (secondary N) is 2. The minimum Gasteiger partial charge on any atom is -0.320 e. The Morgan fingerprint density at radius 2 is 2.47 bits per heavy atom. The molecule has 5 nitrogen and oxygen atoms in total. The lowest BCUT2D eigenvalue weighted by molar-refractivity contribution is -0.117. The predicted octanol–water partition coefficient (Wildman–Crippen LogP) is 1.38. The molecule has 1 unspecified atom stereocenters. The van der Waals surface area contributed by atoms with E-state index in [0.29, 0.717) is 12.2 Å². The monoisotopic (exact) mass is 256 g/mol. The van der Waals surface area contributed by atoms with Gasteiger partial charge in [0, 0.05) is 11.8 Å². The standard InChI is InChI=1S/C11H20N4OS/c1-3-4-8-7-10(15-14-8)13-11(16)9(12)5-6-17-2/h7,9H,3-6,12H2,1-2H3,(H2,13,14,15,16). The Morgan fingerprint density at radius 1 is 1.71 bits per heavy atom. The fraction of sp³-hybridized carbons (Fsp3) is 0.636. The van der Waals surface area contributed by atoms with Gasteiger partial charge in [-0.05, 0) is 24.9 Å². The van der Waals surface area contributed by atoms with Crippen molar-refractivity contribution in [3.05, 3.63) is 11.8 Å². The number of aromatic nitrogens is 2. The van der Waals surface area contributed by atoms with Crippen molar-refractivity contribution in [2.75, 3.05) is 17.3 Å². The van der Waals surface area contributed by atoms with E-state index in [1.54, 1.807) is 11.8 Å². The molecule has 0 fully saturated rings. The first kappa shape index (κ1) is 14.1. The SMILES string of the molecule is CCCc1cc(NC(=O)C(N)CCSC)n[nH]1. The third-order valence-corrected chi connectivity index (χ3v) is 3.02. The topological polar surface area (TPSA) is 83.8 Å². The smallest absolute Gasteiger partial charge is 0.242 e. The van der Waals surface area contributed by atoms with Gasteiger partial charge in [-0.15, -0.1) is 0 Å². The van der Waals surface area contributed by atoms with Crippen molar-refractivity contribution in [2.45, 2.75) is 32.2 Å². The van der Waals surface area contributed by atoms with Crippen molar-refractivity contribution in [1.82, 2.24) is 10.2 Å². The molecule has 1 aromatic heterocycles. The predicted molar refractivity (Wildman–Crippen MR) is 72.2 cm³/mol. The molecule has 0 bridgehead atoms. The first-order chi connectivity index (χ1) is 8.17. The summed E-state index contributed by atoms with van der Waals surface area (Å²) >= 11 is 1.68. The molecule has 0 spiro atoms. The first-order valence-corrected chi connectivity index (χ1v) is 7.16. The number of carbonyl (C=O) groups excluding carboxylic acids is 1. The average Bonchev–Trinajstić information content (AvgIpc) is 2.74. The Bertz CT molecular complexity index is 353. The van der Waals surface area contributed by atoms with Crippen LogP contribution in [0.1, 0.15) is 25.5 Å². The summed E-state index contributed by atoms with van der Waals surface area (Å²) in [4.78, 5) is 11.7. The summed E-state index contributed by atoms with van der Waals surface area (Å²) in [6.45, 7) is 2.09. The van der Waals surface area contributed by atoms with Crippen LogP contribution in [0.5, 0.6) is 0 Å². The third kappa shape index (κ3) is 4.79. The molecule has 1 amide bonds. The van der Waals surface area contributed by atoms with E-state index in [-0.39, 0.29) is 5.91 Å². The Hall–Kier alpha value is -1.01. The highest BCUT2D eigenvalue weighted by atomic mass is 32.2. The van der Waals surface area contributed by atoms with E-state index >= 15 is 0 Å². The molecular formula is C11H20N4OS. The minimum absolute atomic E-state index is 0.173. The number of rotatable bonds is 7. The van der Waals surface area contributed by atoms with Crippen LogP contribution in [-0.4, -0.2) is 34.2 Å². The van der Waals surface area contributed by atoms with Crippen LogP contribution < -0.4 is 11.1 Å². The molecule has 0 radical (unpaired) electrons. The number of nitrogens with two attached hydrogens (primary N) is 1. The zero-order valence-corrected chi connectivity index (χ0v) is 11.1. The molecule has 0 saturated heterocycles. The summed E-state index contributed by atoms with van der Waals surface area (Å²) in [5.41, 5.74) is 6.78. The summed E-state index contributed by atoms with van der Waals surface area (Å²) in [6, 6.07) is 1.39. The summed E-state index contributed by atoms with van der Waals surface area (Å²) < 4.78 is 0. The number of nitrogens with zero attached hydrogens (tertiary/aromatic N) is 1. The van der Waals surface area contributed by atoms with E-state index in [1.165, 1.54) is 0 Å². The van der Waals surface area contributed by atoms with Gasteiger partial charge in [0.2, 0.25) is 5.91 Å². The van der Waals surface area contributed by atoms with Crippen LogP contribution in [0.3, 0.4) is 0 Å². The number of amides is 1. The van der Waals surface area contributed by atoms with Crippen LogP contribution in [0.4, 0.5) is 5.82 Å². The average molecular weight is 256 g/mol. The van der Waals surface area contributed by atoms with Crippen LogP contribution >= 0.6 is 11.8 Å². The molecule has 1 atom stereocenters. The van der Waals surface area contributed by atoms with Crippen molar-refractivity contribution < 1.29 is 4.79 Å². The largest absolute Gasteiger partial charge is 0.320 e. The number of aryl methyl sites for hydroxylation is 1. The van der Waals surface area contributed by atoms with E-state index < -0.39 is 6.04 Å². The van der Waals surface area contributed by atoms with Crippen LogP contribution in [-0.2, 0) is 11.2 Å². The molecule has 1 rings (SSSR count). The Morgan fingerprint density at radius 3 is 3.12 bits per heavy atom. The highest BCUT2D eigenvalue weighted by Gasteiger charge is 2.14. The zero-order chi connectivity index (χ0) is 12.7. The maximum absolute atomic E-state index is 11.7. The highest BCUT2D eigenvalue weighted by Crippen LogP contribution is 2.08. The molecule has 1 heterocycles. The fourth-order valence-electron chi connectivity index (χ4n) is 1.42. The molecule has 0 aliphatic rings. The molecular weight excluding hydrogens is 236 g/mol. The maximum Gasteiger partial charge on any atom is 0.242 e. The summed E-state index contributed by atoms with van der Waals surface area (Å²) in [5.74, 6) is 1.27. The van der Waals surface area contributed by atoms with Gasteiger partial charge < -0.3 is 11.1 Å². The molecule has 0 saturated carbocycles. The quantitative estimate of drug-likeness (QED) is 0.688. The summed E-state index contributed by atoms with van der Waals surface area (Å²) in [6.07, 6.45) is 4.65. The number of thioether (sulfide) groups is 1. The fourth-order valence-corrected chi connectivity index (χ4v) is 1.91. The van der Waals surface area contributed by atoms with Gasteiger partial charge in [0.1, 0.15) is 0 Å². The Labute approximate surface area is 106 Å². The van der Waals surface area contributed by atoms with Gasteiger partial charge in [0.25, 0.3) is 0 Å². The lowest BCUT2D eigenvalue weighted by Gasteiger charge is -2.09. The second-order valence-corrected chi connectivity index (χ2v) is 4.89. The third-order valence-electron chi connectivity index (χ3n) is 2.37. The van der Waals surface area contributed by atoms with E-state index in [2.05, 4.69) is 22.4 Å². The normalized spacial score (nSPS) is 12.4. The van der Waals surface area contributed by atoms with Crippen molar-refractivity contribution >= 4 is 23.5 Å². The van der Waals surface area contributed by atoms with Gasteiger partial charge in [-0.1, -0.05) is 13.3 Å². The molecule has 0 aromatic carbocycles. The molecule has 0 aliphatic heterocycles. The minimum atomic E-state index is -0.464. The van der Waals surface area contributed by atoms with Gasteiger partial charge >= 0.3 is 0 Å². The van der Waals surface area contributed by atoms with Gasteiger partial charge in [0.15, 0.2) is 5.82 Å². The number of H-pyrrole nitrogens is 1. The second kappa shape index (κ2) is 7.34. The van der Waals surface area contributed by atoms with Crippen molar-refractivity contribution in [1.29, 1.82) is 0 Å². The van der Waals surface area contributed by atoms with Gasteiger partial charge in [-0.2, -0.15) is 16.9 Å². The molecule has 4 N–H and O–H groups in total. The molecule has 0 aliphatic carbocycles. The van der Waals surface area contributed by atoms with Crippen LogP contribution in [0.2, 0.25) is 0 Å². The lowest BCUT2D eigenvalue weighted by Crippen LogP contribution is -2.36. The number of hydrogen-bond donors (Lipinski definition) is 3. The molecule has 96 valence electrons. The summed E-state index contributed by atoms with van der Waals surface area (Å²) in [5, 5.41) is 9.62. The van der Waals surface area contributed by atoms with Crippen LogP contribution in [0.25, 0.3) is 0 Å². The van der Waals surface area contributed by atoms with Gasteiger partial charge in [0.05, 0.1) is 6.04 Å². The number of hydrogen-bond acceptors (Lipinski definition) is 4. The molecule has 6 heteroatoms. The first-order valence-electron chi connectivity index (χ1n) is 5.77. The number of anilines is 1. The lowest BCUT2D eigenvalue weighted by atomic mass is 10.2. The molecule has 1 aromatic rings. The van der Waals surface area contributed by atoms with Gasteiger partial charge in [-0.3, -0.25) is 9.89 Å². The van der Waals surface area contributed by atoms with E-state index in [1.807, 2.05) is 12.3 Å². The Kier molecular flexibility index (Phi) is 6.07. The van der Waals surface area contributed by atoms with Crippen LogP contribution in [0, 0.1) is 0 Å². The number of aromatic amines is 1. The molecule has 17 heavy (non-hydrogen) atoms. The van der Waals surface area contributed by atoms with Crippen molar-refractivity contribution in [3.8, 4) is 0 Å². The Balaban J connectivity index is 2.43. The highest BCUT2D eigenvalue weighted by molar-refractivity contribution is 7.98. The van der Waals surface area contributed by atoms with E-state index in [4.69, 9.17) is 5.73 Å². The van der Waals surface area contributed by atoms with E-state index in [0.717, 1.165) is 24.3 Å². The summed E-state index contributed by atoms with van der Waals surface area (Å²) in [7, 11) is 0. The van der Waals surface area contributed by atoms with Gasteiger partial charge in [-0.25, -0.2) is 0 Å². The number of carbonyl (C=O) groups is 1. The van der Waals surface area contributed by atoms with Crippen LogP contribution in [0.15, 0.2) is 6.07 Å². The van der Waals surface area contributed by atoms with Crippen molar-refractivity contribution in [3.63, 3.8) is 0 Å². The van der Waals surface area contributed by atoms with E-state index in [9.17, 15) is 4.79 Å². The second-order valence-electron chi connectivity index (χ2n) is 3.91. The maximum atomic E-state index is 11.7. The zero-order valence-electron chi connectivity index (χ0n) is 10.3.